The van der Waals surface area contributed by atoms with Gasteiger partial charge in [-0.1, -0.05) is 116 Å². The fourth-order valence-electron chi connectivity index (χ4n) is 3.01. The van der Waals surface area contributed by atoms with Crippen LogP contribution in [0.25, 0.3) is 0 Å². The van der Waals surface area contributed by atoms with Gasteiger partial charge >= 0.3 is 59.1 Å². The van der Waals surface area contributed by atoms with Gasteiger partial charge in [-0.3, -0.25) is 8.42 Å². The van der Waals surface area contributed by atoms with Crippen LogP contribution in [0.1, 0.15) is 122 Å². The molecular weight excluding hydrogens is 398 g/mol. The van der Waals surface area contributed by atoms with Crippen molar-refractivity contribution in [1.82, 2.24) is 0 Å². The summed E-state index contributed by atoms with van der Waals surface area (Å²) in [7, 11) is -5.17. The Morgan fingerprint density at radius 1 is 0.536 bits per heavy atom. The van der Waals surface area contributed by atoms with Crippen molar-refractivity contribution in [2.75, 3.05) is 6.61 Å². The molecule has 0 fully saturated rings. The molecule has 0 spiro atoms. The molecule has 0 heterocycles. The van der Waals surface area contributed by atoms with Gasteiger partial charge in [0.15, 0.2) is 0 Å². The van der Waals surface area contributed by atoms with Gasteiger partial charge in [-0.05, 0) is 6.42 Å². The summed E-state index contributed by atoms with van der Waals surface area (Å²) in [5.41, 5.74) is 0. The van der Waals surface area contributed by atoms with Gasteiger partial charge in [-0.25, -0.2) is 0 Å². The Balaban J connectivity index is -0.000000364. The molecule has 28 heavy (non-hydrogen) atoms. The molecular formula is C20H42Na2O5S. The van der Waals surface area contributed by atoms with Gasteiger partial charge in [-0.2, -0.15) is 0 Å². The van der Waals surface area contributed by atoms with Crippen LogP contribution < -0.4 is 59.1 Å². The predicted molar refractivity (Wildman–Crippen MR) is 106 cm³/mol. The third kappa shape index (κ3) is 50.9. The molecule has 0 radical (unpaired) electrons. The second-order valence-corrected chi connectivity index (χ2v) is 7.96. The molecule has 0 unspecified atom stereocenters. The Morgan fingerprint density at radius 2 is 0.714 bits per heavy atom. The molecule has 0 aliphatic heterocycles. The molecule has 0 atom stereocenters. The number of rotatable bonds is 18. The number of aliphatic hydroxyl groups is 1. The van der Waals surface area contributed by atoms with Crippen LogP contribution in [0.2, 0.25) is 0 Å². The van der Waals surface area contributed by atoms with E-state index >= 15 is 0 Å². The summed E-state index contributed by atoms with van der Waals surface area (Å²) in [5.74, 6) is 0. The van der Waals surface area contributed by atoms with Crippen LogP contribution in [-0.4, -0.2) is 29.2 Å². The molecule has 0 aromatic carbocycles. The van der Waals surface area contributed by atoms with Crippen molar-refractivity contribution < 1.29 is 81.7 Å². The van der Waals surface area contributed by atoms with Crippen molar-refractivity contribution in [3.05, 3.63) is 0 Å². The van der Waals surface area contributed by atoms with E-state index in [0.29, 0.717) is 6.61 Å². The minimum atomic E-state index is -5.17. The molecule has 0 aromatic heterocycles. The zero-order chi connectivity index (χ0) is 19.9. The van der Waals surface area contributed by atoms with E-state index in [0.717, 1.165) is 6.42 Å². The first-order valence-corrected chi connectivity index (χ1v) is 12.0. The zero-order valence-electron chi connectivity index (χ0n) is 18.9. The van der Waals surface area contributed by atoms with Crippen LogP contribution in [0.3, 0.4) is 0 Å². The number of hydrogen-bond acceptors (Lipinski definition) is 5. The van der Waals surface area contributed by atoms with E-state index in [2.05, 4.69) is 6.92 Å². The van der Waals surface area contributed by atoms with E-state index in [4.69, 9.17) is 22.6 Å². The summed E-state index contributed by atoms with van der Waals surface area (Å²) in [5, 5.41) is 8.69. The van der Waals surface area contributed by atoms with Crippen molar-refractivity contribution in [3.63, 3.8) is 0 Å². The van der Waals surface area contributed by atoms with Gasteiger partial charge in [0.1, 0.15) is 0 Å². The topological polar surface area (TPSA) is 100 Å². The summed E-state index contributed by atoms with van der Waals surface area (Å²) in [6, 6.07) is 0. The summed E-state index contributed by atoms with van der Waals surface area (Å²) >= 11 is 0. The quantitative estimate of drug-likeness (QED) is 0.136. The van der Waals surface area contributed by atoms with Crippen molar-refractivity contribution in [3.8, 4) is 0 Å². The third-order valence-corrected chi connectivity index (χ3v) is 4.51. The molecule has 0 saturated heterocycles. The van der Waals surface area contributed by atoms with Gasteiger partial charge in [0.05, 0.1) is 0 Å². The van der Waals surface area contributed by atoms with Crippen LogP contribution in [-0.2, 0) is 10.4 Å². The molecule has 0 rings (SSSR count). The van der Waals surface area contributed by atoms with E-state index in [1.807, 2.05) is 0 Å². The molecule has 0 aliphatic carbocycles. The molecule has 0 amide bonds. The Morgan fingerprint density at radius 3 is 0.893 bits per heavy atom. The van der Waals surface area contributed by atoms with Gasteiger partial charge in [0.25, 0.3) is 0 Å². The van der Waals surface area contributed by atoms with Gasteiger partial charge in [0, 0.05) is 17.0 Å². The first kappa shape index (κ1) is 37.2. The first-order valence-electron chi connectivity index (χ1n) is 10.7. The van der Waals surface area contributed by atoms with Crippen molar-refractivity contribution >= 4 is 10.4 Å². The van der Waals surface area contributed by atoms with E-state index in [1.54, 1.807) is 0 Å². The molecule has 0 aliphatic rings. The molecule has 8 heteroatoms. The number of aliphatic hydroxyl groups excluding tert-OH is 1. The monoisotopic (exact) mass is 440 g/mol. The predicted octanol–water partition coefficient (Wildman–Crippen LogP) is -0.310. The average molecular weight is 441 g/mol. The summed E-state index contributed by atoms with van der Waals surface area (Å²) < 4.78 is 34.1. The minimum Gasteiger partial charge on any atom is -0.759 e. The van der Waals surface area contributed by atoms with Crippen molar-refractivity contribution in [2.45, 2.75) is 122 Å². The summed E-state index contributed by atoms with van der Waals surface area (Å²) in [6.45, 7) is 2.66. The summed E-state index contributed by atoms with van der Waals surface area (Å²) in [4.78, 5) is 0. The van der Waals surface area contributed by atoms with E-state index in [-0.39, 0.29) is 59.1 Å². The van der Waals surface area contributed by atoms with Crippen LogP contribution in [0.4, 0.5) is 0 Å². The van der Waals surface area contributed by atoms with Crippen LogP contribution in [0, 0.1) is 0 Å². The largest absolute Gasteiger partial charge is 1.00 e. The molecule has 0 saturated carbocycles. The van der Waals surface area contributed by atoms with Gasteiger partial charge in [-0.15, -0.1) is 0 Å². The minimum absolute atomic E-state index is 0. The first-order chi connectivity index (χ1) is 12.4. The van der Waals surface area contributed by atoms with Crippen LogP contribution >= 0.6 is 0 Å². The third-order valence-electron chi connectivity index (χ3n) is 4.51. The van der Waals surface area contributed by atoms with E-state index < -0.39 is 10.4 Å². The standard InChI is InChI=1S/C20H42O.2Na.H2O4S/c1-2-3-4-5-6-7-8-9-10-11-12-13-14-15-16-17-18-19-20-21;;;1-5(2,3)4/h21H,2-20H2,1H3;;;(H2,1,2,3,4)/q;2*+1;/p-2. The van der Waals surface area contributed by atoms with E-state index in [1.165, 1.54) is 109 Å². The Hall–Kier alpha value is 1.83. The molecule has 5 nitrogen and oxygen atoms in total. The number of hydrogen-bond donors (Lipinski definition) is 1. The Kier molecular flexibility index (Phi) is 41.2. The normalized spacial score (nSPS) is 10.4. The molecule has 0 bridgehead atoms. The zero-order valence-corrected chi connectivity index (χ0v) is 23.7. The summed E-state index contributed by atoms with van der Waals surface area (Å²) in [6.07, 6.45) is 25.1. The van der Waals surface area contributed by atoms with Crippen molar-refractivity contribution in [1.29, 1.82) is 0 Å². The fraction of sp³-hybridized carbons (Fsp3) is 1.00. The number of unbranched alkanes of at least 4 members (excludes halogenated alkanes) is 17. The smallest absolute Gasteiger partial charge is 0.759 e. The second-order valence-electron chi connectivity index (χ2n) is 7.14. The maximum absolute atomic E-state index is 8.69. The van der Waals surface area contributed by atoms with Gasteiger partial charge in [0.2, 0.25) is 0 Å². The van der Waals surface area contributed by atoms with Gasteiger partial charge < -0.3 is 14.2 Å². The van der Waals surface area contributed by atoms with Crippen LogP contribution in [0.5, 0.6) is 0 Å². The Labute approximate surface area is 219 Å². The fourth-order valence-corrected chi connectivity index (χ4v) is 3.01. The molecule has 160 valence electrons. The Bertz CT molecular complexity index is 329. The van der Waals surface area contributed by atoms with Crippen LogP contribution in [0.15, 0.2) is 0 Å². The SMILES string of the molecule is CCCCCCCCCCCCCCCCCCCCO.O=S(=O)([O-])[O-].[Na+].[Na+]. The second kappa shape index (κ2) is 31.0. The van der Waals surface area contributed by atoms with E-state index in [9.17, 15) is 0 Å². The maximum atomic E-state index is 8.69. The molecule has 0 aromatic rings. The molecule has 1 N–H and O–H groups in total. The maximum Gasteiger partial charge on any atom is 1.00 e. The average Bonchev–Trinajstić information content (AvgIpc) is 2.56. The van der Waals surface area contributed by atoms with Crippen molar-refractivity contribution in [2.24, 2.45) is 0 Å².